The molecule has 3 heterocycles. The first-order chi connectivity index (χ1) is 12.5. The van der Waals surface area contributed by atoms with Crippen LogP contribution in [-0.2, 0) is 9.84 Å². The maximum absolute atomic E-state index is 13.0. The molecule has 4 rings (SSSR count). The van der Waals surface area contributed by atoms with Gasteiger partial charge in [-0.15, -0.1) is 16.4 Å². The van der Waals surface area contributed by atoms with E-state index in [9.17, 15) is 8.42 Å². The van der Waals surface area contributed by atoms with Gasteiger partial charge in [-0.1, -0.05) is 30.3 Å². The number of sulfone groups is 1. The monoisotopic (exact) mass is 387 g/mol. The van der Waals surface area contributed by atoms with Gasteiger partial charge in [0.2, 0.25) is 14.9 Å². The summed E-state index contributed by atoms with van der Waals surface area (Å²) in [5.41, 5.74) is 1.01. The second kappa shape index (κ2) is 6.33. The lowest BCUT2D eigenvalue weighted by atomic mass is 10.2. The fraction of sp³-hybridized carbons (Fsp3) is 0.235. The van der Waals surface area contributed by atoms with E-state index in [0.717, 1.165) is 16.6 Å². The van der Waals surface area contributed by atoms with Crippen molar-refractivity contribution in [3.05, 3.63) is 41.8 Å². The molecule has 1 aromatic carbocycles. The first-order valence-corrected chi connectivity index (χ1v) is 10.6. The maximum atomic E-state index is 13.0. The van der Waals surface area contributed by atoms with Gasteiger partial charge >= 0.3 is 0 Å². The molecule has 0 spiro atoms. The molecule has 9 heteroatoms. The Balaban J connectivity index is 1.97. The van der Waals surface area contributed by atoms with Crippen LogP contribution in [-0.4, -0.2) is 34.3 Å². The van der Waals surface area contributed by atoms with Crippen molar-refractivity contribution >= 4 is 42.9 Å². The van der Waals surface area contributed by atoms with Gasteiger partial charge in [0.25, 0.3) is 0 Å². The Morgan fingerprint density at radius 3 is 2.73 bits per heavy atom. The van der Waals surface area contributed by atoms with Crippen molar-refractivity contribution in [1.82, 2.24) is 19.8 Å². The number of benzene rings is 1. The van der Waals surface area contributed by atoms with Crippen LogP contribution in [0.3, 0.4) is 0 Å². The zero-order valence-electron chi connectivity index (χ0n) is 14.2. The van der Waals surface area contributed by atoms with E-state index in [4.69, 9.17) is 0 Å². The topological polar surface area (TPSA) is 89.2 Å². The molecule has 1 N–H and O–H groups in total. The van der Waals surface area contributed by atoms with Gasteiger partial charge in [0.05, 0.1) is 15.1 Å². The number of nitrogens with zero attached hydrogens (tertiary/aromatic N) is 4. The summed E-state index contributed by atoms with van der Waals surface area (Å²) in [6, 6.07) is 10.3. The molecule has 0 aliphatic carbocycles. The van der Waals surface area contributed by atoms with Crippen LogP contribution in [0.5, 0.6) is 0 Å². The number of rotatable bonds is 5. The predicted octanol–water partition coefficient (Wildman–Crippen LogP) is 3.38. The number of fused-ring (bicyclic) bond motifs is 3. The standard InChI is InChI=1S/C17H17N5O2S2/c1-3-11(2)18-15-14-13(9-10-25-14)22-16(19-15)17(20-21-22)26(23,24)12-7-5-4-6-8-12/h4-11H,3H2,1-2H3,(H,18,19)/t11-/m1/s1. The van der Waals surface area contributed by atoms with Crippen molar-refractivity contribution in [2.24, 2.45) is 0 Å². The van der Waals surface area contributed by atoms with Crippen molar-refractivity contribution < 1.29 is 8.42 Å². The van der Waals surface area contributed by atoms with E-state index < -0.39 is 9.84 Å². The number of aromatic nitrogens is 4. The second-order valence-electron chi connectivity index (χ2n) is 6.00. The van der Waals surface area contributed by atoms with E-state index in [0.29, 0.717) is 5.82 Å². The summed E-state index contributed by atoms with van der Waals surface area (Å²) < 4.78 is 28.4. The Kier molecular flexibility index (Phi) is 4.12. The molecule has 1 atom stereocenters. The minimum Gasteiger partial charge on any atom is -0.366 e. The summed E-state index contributed by atoms with van der Waals surface area (Å²) in [4.78, 5) is 4.75. The molecule has 0 fully saturated rings. The quantitative estimate of drug-likeness (QED) is 0.565. The molecule has 134 valence electrons. The summed E-state index contributed by atoms with van der Waals surface area (Å²) in [5.74, 6) is 0.656. The molecular formula is C17H17N5O2S2. The number of nitrogens with one attached hydrogen (secondary N) is 1. The third-order valence-electron chi connectivity index (χ3n) is 4.23. The minimum absolute atomic E-state index is 0.135. The molecule has 26 heavy (non-hydrogen) atoms. The molecule has 0 unspecified atom stereocenters. The first kappa shape index (κ1) is 16.9. The van der Waals surface area contributed by atoms with Gasteiger partial charge in [-0.05, 0) is 36.9 Å². The van der Waals surface area contributed by atoms with Crippen molar-refractivity contribution in [3.8, 4) is 0 Å². The van der Waals surface area contributed by atoms with Crippen molar-refractivity contribution in [3.63, 3.8) is 0 Å². The molecule has 0 saturated heterocycles. The molecule has 0 saturated carbocycles. The Hall–Kier alpha value is -2.52. The summed E-state index contributed by atoms with van der Waals surface area (Å²) >= 11 is 1.53. The molecule has 7 nitrogen and oxygen atoms in total. The van der Waals surface area contributed by atoms with Crippen LogP contribution in [0.25, 0.3) is 15.9 Å². The lowest BCUT2D eigenvalue weighted by Gasteiger charge is -2.13. The Morgan fingerprint density at radius 2 is 2.00 bits per heavy atom. The van der Waals surface area contributed by atoms with E-state index in [-0.39, 0.29) is 21.6 Å². The number of hydrogen-bond acceptors (Lipinski definition) is 7. The zero-order chi connectivity index (χ0) is 18.3. The second-order valence-corrected chi connectivity index (χ2v) is 8.78. The van der Waals surface area contributed by atoms with E-state index in [1.54, 1.807) is 30.3 Å². The van der Waals surface area contributed by atoms with Crippen LogP contribution in [0.4, 0.5) is 5.82 Å². The third kappa shape index (κ3) is 2.63. The van der Waals surface area contributed by atoms with Crippen molar-refractivity contribution in [1.29, 1.82) is 0 Å². The highest BCUT2D eigenvalue weighted by Gasteiger charge is 2.27. The first-order valence-electron chi connectivity index (χ1n) is 8.21. The average molecular weight is 387 g/mol. The van der Waals surface area contributed by atoms with Crippen LogP contribution in [0.2, 0.25) is 0 Å². The lowest BCUT2D eigenvalue weighted by molar-refractivity contribution is 0.592. The minimum atomic E-state index is -3.81. The van der Waals surface area contributed by atoms with Gasteiger partial charge in [-0.3, -0.25) is 0 Å². The van der Waals surface area contributed by atoms with E-state index >= 15 is 0 Å². The number of anilines is 1. The fourth-order valence-electron chi connectivity index (χ4n) is 2.64. The van der Waals surface area contributed by atoms with Gasteiger partial charge in [0, 0.05) is 6.04 Å². The highest BCUT2D eigenvalue weighted by atomic mass is 32.2. The van der Waals surface area contributed by atoms with Crippen LogP contribution < -0.4 is 5.32 Å². The summed E-state index contributed by atoms with van der Waals surface area (Å²) in [5, 5.41) is 13.2. The van der Waals surface area contributed by atoms with Gasteiger partial charge in [0.1, 0.15) is 5.82 Å². The zero-order valence-corrected chi connectivity index (χ0v) is 15.9. The average Bonchev–Trinajstić information content (AvgIpc) is 3.29. The number of thiophene rings is 1. The molecule has 4 aromatic rings. The summed E-state index contributed by atoms with van der Waals surface area (Å²) in [6.45, 7) is 4.13. The molecule has 0 amide bonds. The number of hydrogen-bond donors (Lipinski definition) is 1. The van der Waals surface area contributed by atoms with Crippen LogP contribution >= 0.6 is 11.3 Å². The Morgan fingerprint density at radius 1 is 1.23 bits per heavy atom. The lowest BCUT2D eigenvalue weighted by Crippen LogP contribution is -2.15. The van der Waals surface area contributed by atoms with Crippen molar-refractivity contribution in [2.45, 2.75) is 36.2 Å². The Bertz CT molecular complexity index is 1180. The fourth-order valence-corrected chi connectivity index (χ4v) is 4.72. The molecule has 0 bridgehead atoms. The molecular weight excluding hydrogens is 370 g/mol. The summed E-state index contributed by atoms with van der Waals surface area (Å²) in [7, 11) is -3.81. The largest absolute Gasteiger partial charge is 0.366 e. The van der Waals surface area contributed by atoms with Gasteiger partial charge in [0.15, 0.2) is 5.65 Å². The molecule has 0 aliphatic rings. The highest BCUT2D eigenvalue weighted by molar-refractivity contribution is 7.91. The van der Waals surface area contributed by atoms with Crippen LogP contribution in [0.1, 0.15) is 20.3 Å². The predicted molar refractivity (Wildman–Crippen MR) is 101 cm³/mol. The van der Waals surface area contributed by atoms with Crippen LogP contribution in [0, 0.1) is 0 Å². The molecule has 0 radical (unpaired) electrons. The van der Waals surface area contributed by atoms with Crippen LogP contribution in [0.15, 0.2) is 51.7 Å². The van der Waals surface area contributed by atoms with Gasteiger partial charge < -0.3 is 5.32 Å². The smallest absolute Gasteiger partial charge is 0.229 e. The molecule has 0 aliphatic heterocycles. The maximum Gasteiger partial charge on any atom is 0.229 e. The van der Waals surface area contributed by atoms with E-state index in [2.05, 4.69) is 34.5 Å². The van der Waals surface area contributed by atoms with E-state index in [1.165, 1.54) is 15.9 Å². The normalized spacial score (nSPS) is 13.3. The molecule has 3 aromatic heterocycles. The third-order valence-corrected chi connectivity index (χ3v) is 6.80. The summed E-state index contributed by atoms with van der Waals surface area (Å²) in [6.07, 6.45) is 0.923. The van der Waals surface area contributed by atoms with E-state index in [1.807, 2.05) is 11.4 Å². The van der Waals surface area contributed by atoms with Crippen molar-refractivity contribution in [2.75, 3.05) is 5.32 Å². The van der Waals surface area contributed by atoms with Gasteiger partial charge in [-0.25, -0.2) is 13.4 Å². The SMILES string of the molecule is CC[C@@H](C)Nc1nc2c(S(=O)(=O)c3ccccc3)nnn2c2ccsc12. The van der Waals surface area contributed by atoms with Gasteiger partial charge in [-0.2, -0.15) is 4.52 Å². The highest BCUT2D eigenvalue weighted by Crippen LogP contribution is 2.31. The Labute approximate surface area is 154 Å².